The van der Waals surface area contributed by atoms with Gasteiger partial charge in [-0.3, -0.25) is 0 Å². The molecule has 0 aliphatic rings. The van der Waals surface area contributed by atoms with Crippen molar-refractivity contribution in [1.29, 1.82) is 0 Å². The Morgan fingerprint density at radius 3 is 2.40 bits per heavy atom. The molecule has 0 nitrogen and oxygen atoms in total. The highest BCUT2D eigenvalue weighted by molar-refractivity contribution is 6.51. The molecule has 54 valence electrons. The molecule has 0 amide bonds. The van der Waals surface area contributed by atoms with Crippen LogP contribution in [0.2, 0.25) is 6.55 Å². The van der Waals surface area contributed by atoms with E-state index in [0.29, 0.717) is 0 Å². The van der Waals surface area contributed by atoms with Crippen LogP contribution in [0.15, 0.2) is 18.2 Å². The molecule has 10 heavy (non-hydrogen) atoms. The molecule has 1 aromatic rings. The van der Waals surface area contributed by atoms with Gasteiger partial charge in [-0.25, -0.2) is 8.78 Å². The Kier molecular flexibility index (Phi) is 2.16. The predicted molar refractivity (Wildman–Crippen MR) is 40.4 cm³/mol. The third kappa shape index (κ3) is 1.42. The normalized spacial score (nSPS) is 11.1. The van der Waals surface area contributed by atoms with Crippen molar-refractivity contribution >= 4 is 14.7 Å². The van der Waals surface area contributed by atoms with E-state index in [-0.39, 0.29) is 9.52 Å². The molecular formula is C7H8F2Si. The van der Waals surface area contributed by atoms with Crippen molar-refractivity contribution < 1.29 is 8.78 Å². The van der Waals surface area contributed by atoms with Crippen LogP contribution >= 0.6 is 0 Å². The van der Waals surface area contributed by atoms with Crippen molar-refractivity contribution in [3.05, 3.63) is 29.8 Å². The molecular weight excluding hydrogens is 150 g/mol. The molecule has 0 heterocycles. The van der Waals surface area contributed by atoms with Gasteiger partial charge in [0.15, 0.2) is 11.6 Å². The highest BCUT2D eigenvalue weighted by atomic mass is 28.2. The van der Waals surface area contributed by atoms with E-state index >= 15 is 0 Å². The lowest BCUT2D eigenvalue weighted by molar-refractivity contribution is 0.509. The molecule has 0 unspecified atom stereocenters. The Balaban J connectivity index is 3.04. The molecule has 0 bridgehead atoms. The third-order valence-corrected chi connectivity index (χ3v) is 2.65. The van der Waals surface area contributed by atoms with Crippen LogP contribution in [-0.2, 0) is 0 Å². The van der Waals surface area contributed by atoms with Gasteiger partial charge in [0.1, 0.15) is 0 Å². The van der Waals surface area contributed by atoms with E-state index in [1.54, 1.807) is 6.07 Å². The summed E-state index contributed by atoms with van der Waals surface area (Å²) in [6, 6.07) is 4.10. The van der Waals surface area contributed by atoms with Crippen molar-refractivity contribution in [3.63, 3.8) is 0 Å². The van der Waals surface area contributed by atoms with E-state index < -0.39 is 11.6 Å². The van der Waals surface area contributed by atoms with Crippen molar-refractivity contribution in [2.45, 2.75) is 6.55 Å². The van der Waals surface area contributed by atoms with Gasteiger partial charge < -0.3 is 0 Å². The number of halogens is 2. The van der Waals surface area contributed by atoms with Crippen LogP contribution in [0.25, 0.3) is 0 Å². The lowest BCUT2D eigenvalue weighted by Gasteiger charge is -1.95. The zero-order chi connectivity index (χ0) is 7.56. The van der Waals surface area contributed by atoms with E-state index in [4.69, 9.17) is 0 Å². The quantitative estimate of drug-likeness (QED) is 0.530. The average Bonchev–Trinajstić information content (AvgIpc) is 1.95. The summed E-state index contributed by atoms with van der Waals surface area (Å²) in [5, 5.41) is 0.957. The summed E-state index contributed by atoms with van der Waals surface area (Å²) in [5.74, 6) is -1.49. The zero-order valence-corrected chi connectivity index (χ0v) is 7.11. The minimum Gasteiger partial charge on any atom is -0.204 e. The maximum absolute atomic E-state index is 12.4. The van der Waals surface area contributed by atoms with Gasteiger partial charge in [-0.15, -0.1) is 0 Å². The van der Waals surface area contributed by atoms with Gasteiger partial charge in [-0.05, 0) is 12.1 Å². The molecule has 3 heteroatoms. The topological polar surface area (TPSA) is 0 Å². The molecule has 0 aliphatic heterocycles. The highest BCUT2D eigenvalue weighted by Gasteiger charge is 1.99. The van der Waals surface area contributed by atoms with Crippen LogP contribution in [0.3, 0.4) is 0 Å². The van der Waals surface area contributed by atoms with Crippen LogP contribution in [0.5, 0.6) is 0 Å². The standard InChI is InChI=1S/C7H8F2Si/c1-10-5-2-3-6(8)7(9)4-5/h2-4H,10H2,1H3. The fourth-order valence-electron chi connectivity index (χ4n) is 0.760. The SMILES string of the molecule is C[SiH2]c1ccc(F)c(F)c1. The Hall–Kier alpha value is -0.703. The first kappa shape index (κ1) is 7.40. The second-order valence-electron chi connectivity index (χ2n) is 2.10. The van der Waals surface area contributed by atoms with Crippen LogP contribution in [0.4, 0.5) is 8.78 Å². The molecule has 1 rings (SSSR count). The van der Waals surface area contributed by atoms with Crippen LogP contribution < -0.4 is 5.19 Å². The van der Waals surface area contributed by atoms with Crippen molar-refractivity contribution in [2.75, 3.05) is 0 Å². The first-order valence-corrected chi connectivity index (χ1v) is 5.30. The Bertz CT molecular complexity index is 235. The zero-order valence-electron chi connectivity index (χ0n) is 5.70. The van der Waals surface area contributed by atoms with Crippen molar-refractivity contribution in [3.8, 4) is 0 Å². The monoisotopic (exact) mass is 158 g/mol. The molecule has 0 atom stereocenters. The summed E-state index contributed by atoms with van der Waals surface area (Å²) in [6.07, 6.45) is 0. The number of rotatable bonds is 1. The van der Waals surface area contributed by atoms with E-state index in [1.165, 1.54) is 12.1 Å². The molecule has 0 saturated carbocycles. The smallest absolute Gasteiger partial charge is 0.158 e. The first-order chi connectivity index (χ1) is 4.74. The highest BCUT2D eigenvalue weighted by Crippen LogP contribution is 2.00. The minimum absolute atomic E-state index is 0.353. The summed E-state index contributed by atoms with van der Waals surface area (Å²) in [4.78, 5) is 0. The van der Waals surface area contributed by atoms with E-state index in [0.717, 1.165) is 5.19 Å². The Morgan fingerprint density at radius 2 is 1.90 bits per heavy atom. The number of hydrogen-bond donors (Lipinski definition) is 0. The van der Waals surface area contributed by atoms with E-state index in [9.17, 15) is 8.78 Å². The molecule has 0 aromatic heterocycles. The molecule has 1 aromatic carbocycles. The second kappa shape index (κ2) is 2.92. The molecule has 0 aliphatic carbocycles. The molecule has 0 fully saturated rings. The van der Waals surface area contributed by atoms with Gasteiger partial charge in [0.05, 0.1) is 9.52 Å². The summed E-state index contributed by atoms with van der Waals surface area (Å²) in [7, 11) is -0.353. The van der Waals surface area contributed by atoms with E-state index in [2.05, 4.69) is 0 Å². The van der Waals surface area contributed by atoms with Crippen LogP contribution in [0, 0.1) is 11.6 Å². The Morgan fingerprint density at radius 1 is 1.20 bits per heavy atom. The van der Waals surface area contributed by atoms with Crippen LogP contribution in [-0.4, -0.2) is 9.52 Å². The summed E-state index contributed by atoms with van der Waals surface area (Å²) >= 11 is 0. The van der Waals surface area contributed by atoms with Crippen molar-refractivity contribution in [1.82, 2.24) is 0 Å². The summed E-state index contributed by atoms with van der Waals surface area (Å²) in [6.45, 7) is 2.03. The van der Waals surface area contributed by atoms with Crippen LogP contribution in [0.1, 0.15) is 0 Å². The maximum Gasteiger partial charge on any atom is 0.158 e. The van der Waals surface area contributed by atoms with Gasteiger partial charge in [0.2, 0.25) is 0 Å². The summed E-state index contributed by atoms with van der Waals surface area (Å²) in [5.41, 5.74) is 0. The largest absolute Gasteiger partial charge is 0.204 e. The van der Waals surface area contributed by atoms with E-state index in [1.807, 2.05) is 6.55 Å². The van der Waals surface area contributed by atoms with Gasteiger partial charge in [0, 0.05) is 0 Å². The molecule has 0 saturated heterocycles. The maximum atomic E-state index is 12.4. The van der Waals surface area contributed by atoms with Gasteiger partial charge in [-0.1, -0.05) is 17.8 Å². The summed E-state index contributed by atoms with van der Waals surface area (Å²) < 4.78 is 24.7. The third-order valence-electron chi connectivity index (χ3n) is 1.39. The van der Waals surface area contributed by atoms with Gasteiger partial charge in [-0.2, -0.15) is 0 Å². The average molecular weight is 158 g/mol. The van der Waals surface area contributed by atoms with Gasteiger partial charge in [0.25, 0.3) is 0 Å². The van der Waals surface area contributed by atoms with Crippen molar-refractivity contribution in [2.24, 2.45) is 0 Å². The molecule has 0 spiro atoms. The lowest BCUT2D eigenvalue weighted by atomic mass is 10.3. The predicted octanol–water partition coefficient (Wildman–Crippen LogP) is 0.807. The first-order valence-electron chi connectivity index (χ1n) is 3.18. The fourth-order valence-corrected chi connectivity index (χ4v) is 1.50. The lowest BCUT2D eigenvalue weighted by Crippen LogP contribution is -2.10. The Labute approximate surface area is 60.7 Å². The fraction of sp³-hybridized carbons (Fsp3) is 0.143. The second-order valence-corrected chi connectivity index (χ2v) is 3.63. The number of benzene rings is 1. The molecule has 0 radical (unpaired) electrons. The molecule has 0 N–H and O–H groups in total. The van der Waals surface area contributed by atoms with Gasteiger partial charge >= 0.3 is 0 Å². The number of hydrogen-bond acceptors (Lipinski definition) is 0. The minimum atomic E-state index is -0.758.